The van der Waals surface area contributed by atoms with E-state index in [1.54, 1.807) is 21.3 Å². The second kappa shape index (κ2) is 8.51. The van der Waals surface area contributed by atoms with Gasteiger partial charge in [-0.2, -0.15) is 0 Å². The molecule has 0 aliphatic rings. The molecule has 20 heavy (non-hydrogen) atoms. The first kappa shape index (κ1) is 17.3. The molecule has 4 N–H and O–H groups in total. The SMILES string of the molecule is CO[Si](CCCc1c(CN)cccc1CN)(OC)OC. The summed E-state index contributed by atoms with van der Waals surface area (Å²) in [5.41, 5.74) is 15.2. The Balaban J connectivity index is 2.75. The fourth-order valence-corrected chi connectivity index (χ4v) is 4.15. The van der Waals surface area contributed by atoms with Crippen LogP contribution in [0.5, 0.6) is 0 Å². The molecule has 6 heteroatoms. The van der Waals surface area contributed by atoms with E-state index in [2.05, 4.69) is 12.1 Å². The maximum Gasteiger partial charge on any atom is 0.500 e. The molecule has 1 aromatic rings. The van der Waals surface area contributed by atoms with Crippen molar-refractivity contribution in [1.82, 2.24) is 0 Å². The minimum Gasteiger partial charge on any atom is -0.377 e. The normalized spacial score (nSPS) is 11.8. The third-order valence-electron chi connectivity index (χ3n) is 3.65. The smallest absolute Gasteiger partial charge is 0.377 e. The van der Waals surface area contributed by atoms with Crippen molar-refractivity contribution in [2.45, 2.75) is 32.0 Å². The molecule has 0 aliphatic carbocycles. The quantitative estimate of drug-likeness (QED) is 0.674. The van der Waals surface area contributed by atoms with Gasteiger partial charge < -0.3 is 24.7 Å². The summed E-state index contributed by atoms with van der Waals surface area (Å²) in [6.45, 7) is 1.06. The molecule has 114 valence electrons. The van der Waals surface area contributed by atoms with Gasteiger partial charge >= 0.3 is 8.80 Å². The number of hydrogen-bond acceptors (Lipinski definition) is 5. The van der Waals surface area contributed by atoms with E-state index in [0.717, 1.165) is 30.0 Å². The first-order chi connectivity index (χ1) is 9.66. The first-order valence-corrected chi connectivity index (χ1v) is 8.74. The Morgan fingerprint density at radius 1 is 0.950 bits per heavy atom. The average Bonchev–Trinajstić information content (AvgIpc) is 2.52. The largest absolute Gasteiger partial charge is 0.500 e. The van der Waals surface area contributed by atoms with E-state index in [1.807, 2.05) is 6.07 Å². The minimum absolute atomic E-state index is 0.532. The molecule has 0 saturated carbocycles. The molecule has 0 atom stereocenters. The molecule has 1 aromatic carbocycles. The van der Waals surface area contributed by atoms with Crippen LogP contribution >= 0.6 is 0 Å². The Hall–Kier alpha value is -0.763. The Labute approximate surface area is 122 Å². The monoisotopic (exact) mass is 298 g/mol. The van der Waals surface area contributed by atoms with Crippen LogP contribution in [0.2, 0.25) is 6.04 Å². The highest BCUT2D eigenvalue weighted by molar-refractivity contribution is 6.60. The van der Waals surface area contributed by atoms with E-state index in [1.165, 1.54) is 5.56 Å². The first-order valence-electron chi connectivity index (χ1n) is 6.81. The highest BCUT2D eigenvalue weighted by Gasteiger charge is 2.36. The van der Waals surface area contributed by atoms with Crippen LogP contribution in [-0.4, -0.2) is 30.1 Å². The van der Waals surface area contributed by atoms with Crippen molar-refractivity contribution in [1.29, 1.82) is 0 Å². The van der Waals surface area contributed by atoms with Crippen molar-refractivity contribution in [2.75, 3.05) is 21.3 Å². The van der Waals surface area contributed by atoms with E-state index >= 15 is 0 Å². The van der Waals surface area contributed by atoms with Gasteiger partial charge in [0.2, 0.25) is 0 Å². The number of nitrogens with two attached hydrogens (primary N) is 2. The summed E-state index contributed by atoms with van der Waals surface area (Å²) in [5, 5.41) is 0. The van der Waals surface area contributed by atoms with Crippen LogP contribution in [-0.2, 0) is 32.8 Å². The number of hydrogen-bond donors (Lipinski definition) is 2. The van der Waals surface area contributed by atoms with Crippen LogP contribution in [0.25, 0.3) is 0 Å². The molecule has 0 unspecified atom stereocenters. The Morgan fingerprint density at radius 2 is 1.45 bits per heavy atom. The molecule has 0 bridgehead atoms. The van der Waals surface area contributed by atoms with Crippen LogP contribution in [0.3, 0.4) is 0 Å². The van der Waals surface area contributed by atoms with Crippen molar-refractivity contribution in [2.24, 2.45) is 11.5 Å². The highest BCUT2D eigenvalue weighted by Crippen LogP contribution is 2.21. The second-order valence-corrected chi connectivity index (χ2v) is 7.70. The molecule has 0 spiro atoms. The van der Waals surface area contributed by atoms with E-state index < -0.39 is 8.80 Å². The molecule has 0 aromatic heterocycles. The van der Waals surface area contributed by atoms with Gasteiger partial charge in [-0.05, 0) is 29.5 Å². The lowest BCUT2D eigenvalue weighted by Gasteiger charge is -2.24. The van der Waals surface area contributed by atoms with Gasteiger partial charge in [-0.1, -0.05) is 18.2 Å². The summed E-state index contributed by atoms with van der Waals surface area (Å²) in [7, 11) is 2.42. The van der Waals surface area contributed by atoms with Crippen molar-refractivity contribution >= 4 is 8.80 Å². The van der Waals surface area contributed by atoms with Crippen molar-refractivity contribution < 1.29 is 13.3 Å². The van der Waals surface area contributed by atoms with E-state index in [0.29, 0.717) is 13.1 Å². The topological polar surface area (TPSA) is 79.7 Å². The summed E-state index contributed by atoms with van der Waals surface area (Å²) >= 11 is 0. The van der Waals surface area contributed by atoms with Gasteiger partial charge in [0.1, 0.15) is 0 Å². The molecule has 0 radical (unpaired) electrons. The van der Waals surface area contributed by atoms with Crippen molar-refractivity contribution in [3.8, 4) is 0 Å². The van der Waals surface area contributed by atoms with E-state index in [4.69, 9.17) is 24.7 Å². The van der Waals surface area contributed by atoms with Crippen LogP contribution in [0.1, 0.15) is 23.1 Å². The molecule has 0 heterocycles. The van der Waals surface area contributed by atoms with Gasteiger partial charge in [0.25, 0.3) is 0 Å². The molecular formula is C14H26N2O3Si. The summed E-state index contributed by atoms with van der Waals surface area (Å²) in [6.07, 6.45) is 1.83. The van der Waals surface area contributed by atoms with E-state index in [9.17, 15) is 0 Å². The Bertz CT molecular complexity index is 381. The zero-order valence-corrected chi connectivity index (χ0v) is 13.6. The molecule has 1 rings (SSSR count). The predicted molar refractivity (Wildman–Crippen MR) is 82.1 cm³/mol. The van der Waals surface area contributed by atoms with Gasteiger partial charge in [0.05, 0.1) is 0 Å². The zero-order valence-electron chi connectivity index (χ0n) is 12.6. The van der Waals surface area contributed by atoms with Gasteiger partial charge in [-0.15, -0.1) is 0 Å². The highest BCUT2D eigenvalue weighted by atomic mass is 28.4. The minimum atomic E-state index is -2.49. The lowest BCUT2D eigenvalue weighted by Crippen LogP contribution is -2.42. The lowest BCUT2D eigenvalue weighted by atomic mass is 9.97. The van der Waals surface area contributed by atoms with Gasteiger partial charge in [0, 0.05) is 40.5 Å². The number of benzene rings is 1. The van der Waals surface area contributed by atoms with Gasteiger partial charge in [-0.3, -0.25) is 0 Å². The van der Waals surface area contributed by atoms with Crippen molar-refractivity contribution in [3.05, 3.63) is 34.9 Å². The summed E-state index contributed by atoms with van der Waals surface area (Å²) < 4.78 is 16.3. The van der Waals surface area contributed by atoms with Gasteiger partial charge in [-0.25, -0.2) is 0 Å². The maximum atomic E-state index is 5.80. The molecule has 0 saturated heterocycles. The van der Waals surface area contributed by atoms with E-state index in [-0.39, 0.29) is 0 Å². The summed E-state index contributed by atoms with van der Waals surface area (Å²) in [4.78, 5) is 0. The van der Waals surface area contributed by atoms with Crippen LogP contribution in [0.15, 0.2) is 18.2 Å². The summed E-state index contributed by atoms with van der Waals surface area (Å²) in [6, 6.07) is 6.90. The fourth-order valence-electron chi connectivity index (χ4n) is 2.43. The summed E-state index contributed by atoms with van der Waals surface area (Å²) in [5.74, 6) is 0. The molecular weight excluding hydrogens is 272 g/mol. The number of rotatable bonds is 9. The van der Waals surface area contributed by atoms with Crippen LogP contribution < -0.4 is 11.5 Å². The van der Waals surface area contributed by atoms with Crippen LogP contribution in [0.4, 0.5) is 0 Å². The molecule has 0 amide bonds. The zero-order chi connectivity index (χ0) is 15.0. The lowest BCUT2D eigenvalue weighted by molar-refractivity contribution is 0.123. The van der Waals surface area contributed by atoms with Gasteiger partial charge in [0.15, 0.2) is 0 Å². The molecule has 0 fully saturated rings. The van der Waals surface area contributed by atoms with Crippen LogP contribution in [0, 0.1) is 0 Å². The maximum absolute atomic E-state index is 5.80. The third-order valence-corrected chi connectivity index (χ3v) is 6.48. The molecule has 5 nitrogen and oxygen atoms in total. The third kappa shape index (κ3) is 4.11. The fraction of sp³-hybridized carbons (Fsp3) is 0.571. The predicted octanol–water partition coefficient (Wildman–Crippen LogP) is 1.41. The molecule has 0 aliphatic heterocycles. The average molecular weight is 298 g/mol. The van der Waals surface area contributed by atoms with Crippen molar-refractivity contribution in [3.63, 3.8) is 0 Å². The Kier molecular flexibility index (Phi) is 7.35. The second-order valence-electron chi connectivity index (χ2n) is 4.61. The standard InChI is InChI=1S/C14H26N2O3Si/c1-17-20(18-2,19-3)9-5-8-14-12(10-15)6-4-7-13(14)11-16/h4,6-7H,5,8-11,15-16H2,1-3H3. The Morgan fingerprint density at radius 3 is 1.85 bits per heavy atom.